The van der Waals surface area contributed by atoms with E-state index in [1.807, 2.05) is 0 Å². The van der Waals surface area contributed by atoms with E-state index >= 15 is 0 Å². The molecule has 36 heavy (non-hydrogen) atoms. The van der Waals surface area contributed by atoms with Gasteiger partial charge >= 0.3 is 5.97 Å². The maximum Gasteiger partial charge on any atom is 0.311 e. The molecule has 0 saturated carbocycles. The molecule has 3 aromatic carbocycles. The molecule has 0 aliphatic carbocycles. The fourth-order valence-corrected chi connectivity index (χ4v) is 4.54. The van der Waals surface area contributed by atoms with Crippen LogP contribution in [0.3, 0.4) is 0 Å². The number of rotatable bonds is 8. The third-order valence-corrected chi connectivity index (χ3v) is 6.79. The van der Waals surface area contributed by atoms with Gasteiger partial charge in [0.25, 0.3) is 0 Å². The molecule has 1 aliphatic heterocycles. The predicted molar refractivity (Wildman–Crippen MR) is 141 cm³/mol. The monoisotopic (exact) mass is 506 g/mol. The van der Waals surface area contributed by atoms with Gasteiger partial charge in [0.15, 0.2) is 5.78 Å². The number of aryl methyl sites for hydroxylation is 1. The van der Waals surface area contributed by atoms with E-state index in [2.05, 4.69) is 45.0 Å². The molecule has 4 rings (SSSR count). The summed E-state index contributed by atoms with van der Waals surface area (Å²) in [5, 5.41) is 9.75. The van der Waals surface area contributed by atoms with Crippen LogP contribution in [0.15, 0.2) is 60.7 Å². The number of ether oxygens (including phenoxy) is 2. The largest absolute Gasteiger partial charge is 0.493 e. The van der Waals surface area contributed by atoms with Crippen molar-refractivity contribution in [3.8, 4) is 17.2 Å². The number of carbonyl (C=O) groups excluding carboxylic acids is 1. The Hall–Kier alpha value is -3.31. The first-order valence-electron chi connectivity index (χ1n) is 12.2. The first kappa shape index (κ1) is 25.8. The van der Waals surface area contributed by atoms with Crippen molar-refractivity contribution in [2.24, 2.45) is 0 Å². The molecule has 1 atom stereocenters. The van der Waals surface area contributed by atoms with E-state index in [0.717, 1.165) is 12.8 Å². The second-order valence-electron chi connectivity index (χ2n) is 10.2. The fraction of sp³-hybridized carbons (Fsp3) is 0.333. The summed E-state index contributed by atoms with van der Waals surface area (Å²) in [6.07, 6.45) is 2.52. The predicted octanol–water partition coefficient (Wildman–Crippen LogP) is 7.59. The van der Waals surface area contributed by atoms with Crippen molar-refractivity contribution in [2.75, 3.05) is 6.61 Å². The van der Waals surface area contributed by atoms with Gasteiger partial charge in [0.05, 0.1) is 17.5 Å². The van der Waals surface area contributed by atoms with Crippen molar-refractivity contribution >= 4 is 23.4 Å². The quantitative estimate of drug-likeness (QED) is 0.319. The van der Waals surface area contributed by atoms with E-state index in [0.29, 0.717) is 52.8 Å². The van der Waals surface area contributed by atoms with Gasteiger partial charge in [0.2, 0.25) is 0 Å². The zero-order valence-electron chi connectivity index (χ0n) is 20.8. The molecule has 1 unspecified atom stereocenters. The Labute approximate surface area is 217 Å². The average Bonchev–Trinajstić information content (AvgIpc) is 2.84. The molecule has 0 amide bonds. The van der Waals surface area contributed by atoms with Crippen molar-refractivity contribution < 1.29 is 24.2 Å². The molecule has 1 aliphatic rings. The molecule has 188 valence electrons. The third-order valence-electron chi connectivity index (χ3n) is 6.50. The molecule has 0 bridgehead atoms. The van der Waals surface area contributed by atoms with E-state index in [4.69, 9.17) is 21.1 Å². The molecule has 0 saturated heterocycles. The zero-order valence-corrected chi connectivity index (χ0v) is 21.6. The van der Waals surface area contributed by atoms with Crippen molar-refractivity contribution in [1.29, 1.82) is 0 Å². The smallest absolute Gasteiger partial charge is 0.311 e. The van der Waals surface area contributed by atoms with Gasteiger partial charge in [-0.1, -0.05) is 56.6 Å². The number of fused-ring (bicyclic) bond motifs is 1. The van der Waals surface area contributed by atoms with Crippen molar-refractivity contribution in [3.05, 3.63) is 87.9 Å². The lowest BCUT2D eigenvalue weighted by atomic mass is 9.86. The second kappa shape index (κ2) is 10.8. The van der Waals surface area contributed by atoms with Crippen LogP contribution in [0.4, 0.5) is 0 Å². The summed E-state index contributed by atoms with van der Waals surface area (Å²) in [4.78, 5) is 24.2. The van der Waals surface area contributed by atoms with Crippen LogP contribution >= 0.6 is 11.6 Å². The minimum atomic E-state index is -0.900. The van der Waals surface area contributed by atoms with Crippen LogP contribution in [0.1, 0.15) is 73.0 Å². The fourth-order valence-electron chi connectivity index (χ4n) is 4.33. The number of carboxylic acids is 1. The Morgan fingerprint density at radius 3 is 2.39 bits per heavy atom. The number of aliphatic carboxylic acids is 1. The van der Waals surface area contributed by atoms with Crippen molar-refractivity contribution in [1.82, 2.24) is 0 Å². The van der Waals surface area contributed by atoms with Gasteiger partial charge in [0, 0.05) is 23.6 Å². The van der Waals surface area contributed by atoms with Gasteiger partial charge in [-0.3, -0.25) is 9.59 Å². The highest BCUT2D eigenvalue weighted by atomic mass is 35.5. The Kier molecular flexibility index (Phi) is 7.70. The average molecular weight is 507 g/mol. The van der Waals surface area contributed by atoms with Gasteiger partial charge in [-0.05, 0) is 66.1 Å². The summed E-state index contributed by atoms with van der Waals surface area (Å²) in [5.74, 6) is -0.0898. The molecular formula is C30H31ClO5. The maximum atomic E-state index is 12.7. The van der Waals surface area contributed by atoms with Crippen LogP contribution in [0.2, 0.25) is 5.02 Å². The Bertz CT molecular complexity index is 1240. The van der Waals surface area contributed by atoms with Gasteiger partial charge in [-0.2, -0.15) is 0 Å². The minimum Gasteiger partial charge on any atom is -0.493 e. The lowest BCUT2D eigenvalue weighted by Gasteiger charge is -2.24. The van der Waals surface area contributed by atoms with Crippen molar-refractivity contribution in [2.45, 2.75) is 57.8 Å². The standard InChI is InChI=1S/C30H31ClO5/c1-30(2,3)21-11-7-19(8-12-21)5-4-6-26(32)20-9-13-22(14-10-20)36-28-18-27-24(17-25(28)31)23(29(33)34)15-16-35-27/h7-14,17-18,23H,4-6,15-16H2,1-3H3,(H,33,34). The lowest BCUT2D eigenvalue weighted by molar-refractivity contribution is -0.139. The van der Waals surface area contributed by atoms with E-state index in [1.54, 1.807) is 36.4 Å². The van der Waals surface area contributed by atoms with Crippen LogP contribution in [0, 0.1) is 0 Å². The number of Topliss-reactive ketones (excluding diaryl/α,β-unsaturated/α-hetero) is 1. The minimum absolute atomic E-state index is 0.0905. The highest BCUT2D eigenvalue weighted by Crippen LogP contribution is 2.41. The normalized spacial score (nSPS) is 15.1. The Morgan fingerprint density at radius 1 is 1.06 bits per heavy atom. The molecule has 6 heteroatoms. The summed E-state index contributed by atoms with van der Waals surface area (Å²) in [5.41, 5.74) is 3.86. The van der Waals surface area contributed by atoms with E-state index < -0.39 is 11.9 Å². The Balaban J connectivity index is 1.34. The molecule has 0 aromatic heterocycles. The maximum absolute atomic E-state index is 12.7. The summed E-state index contributed by atoms with van der Waals surface area (Å²) >= 11 is 6.37. The lowest BCUT2D eigenvalue weighted by Crippen LogP contribution is -2.20. The molecule has 0 fully saturated rings. The van der Waals surface area contributed by atoms with Crippen LogP contribution in [-0.2, 0) is 16.6 Å². The number of hydrogen-bond acceptors (Lipinski definition) is 4. The molecule has 0 radical (unpaired) electrons. The third kappa shape index (κ3) is 6.08. The summed E-state index contributed by atoms with van der Waals surface area (Å²) in [7, 11) is 0. The van der Waals surface area contributed by atoms with Crippen LogP contribution in [-0.4, -0.2) is 23.5 Å². The van der Waals surface area contributed by atoms with Gasteiger partial charge in [0.1, 0.15) is 17.2 Å². The number of hydrogen-bond donors (Lipinski definition) is 1. The number of benzene rings is 3. The van der Waals surface area contributed by atoms with Gasteiger partial charge < -0.3 is 14.6 Å². The van der Waals surface area contributed by atoms with Crippen LogP contribution in [0.5, 0.6) is 17.2 Å². The van der Waals surface area contributed by atoms with Crippen molar-refractivity contribution in [3.63, 3.8) is 0 Å². The summed E-state index contributed by atoms with van der Waals surface area (Å²) in [6, 6.07) is 18.8. The molecule has 1 N–H and O–H groups in total. The first-order valence-corrected chi connectivity index (χ1v) is 12.6. The molecule has 5 nitrogen and oxygen atoms in total. The summed E-state index contributed by atoms with van der Waals surface area (Å²) in [6.45, 7) is 6.92. The SMILES string of the molecule is CC(C)(C)c1ccc(CCCC(=O)c2ccc(Oc3cc4c(cc3Cl)C(C(=O)O)CCO4)cc2)cc1. The number of carboxylic acid groups (broad SMARTS) is 1. The van der Waals surface area contributed by atoms with E-state index in [9.17, 15) is 14.7 Å². The van der Waals surface area contributed by atoms with Gasteiger partial charge in [-0.15, -0.1) is 0 Å². The van der Waals surface area contributed by atoms with Crippen LogP contribution in [0.25, 0.3) is 0 Å². The number of carbonyl (C=O) groups is 2. The zero-order chi connectivity index (χ0) is 25.9. The number of ketones is 1. The highest BCUT2D eigenvalue weighted by molar-refractivity contribution is 6.32. The van der Waals surface area contributed by atoms with Gasteiger partial charge in [-0.25, -0.2) is 0 Å². The molecule has 1 heterocycles. The highest BCUT2D eigenvalue weighted by Gasteiger charge is 2.29. The number of halogens is 1. The summed E-state index contributed by atoms with van der Waals surface area (Å²) < 4.78 is 11.5. The topological polar surface area (TPSA) is 72.8 Å². The van der Waals surface area contributed by atoms with E-state index in [-0.39, 0.29) is 11.2 Å². The molecule has 3 aromatic rings. The van der Waals surface area contributed by atoms with Crippen LogP contribution < -0.4 is 9.47 Å². The Morgan fingerprint density at radius 2 is 1.75 bits per heavy atom. The second-order valence-corrected chi connectivity index (χ2v) is 10.6. The first-order chi connectivity index (χ1) is 17.1. The molecular weight excluding hydrogens is 476 g/mol. The van der Waals surface area contributed by atoms with E-state index in [1.165, 1.54) is 11.1 Å². The molecule has 0 spiro atoms.